The van der Waals surface area contributed by atoms with Crippen LogP contribution in [0.4, 0.5) is 24.5 Å². The molecule has 0 spiro atoms. The van der Waals surface area contributed by atoms with E-state index in [9.17, 15) is 22.8 Å². The molecule has 1 atom stereocenters. The third kappa shape index (κ3) is 4.43. The number of carbonyl (C=O) groups excluding carboxylic acids is 2. The minimum atomic E-state index is -4.39. The van der Waals surface area contributed by atoms with Crippen molar-refractivity contribution in [3.05, 3.63) is 54.1 Å². The summed E-state index contributed by atoms with van der Waals surface area (Å²) in [7, 11) is 0. The first kappa shape index (κ1) is 22.1. The van der Waals surface area contributed by atoms with E-state index in [2.05, 4.69) is 0 Å². The van der Waals surface area contributed by atoms with E-state index < -0.39 is 17.8 Å². The lowest BCUT2D eigenvalue weighted by Gasteiger charge is -2.38. The van der Waals surface area contributed by atoms with Crippen LogP contribution in [0.2, 0.25) is 0 Å². The van der Waals surface area contributed by atoms with Crippen molar-refractivity contribution >= 4 is 23.2 Å². The van der Waals surface area contributed by atoms with Crippen LogP contribution in [0.25, 0.3) is 0 Å². The highest BCUT2D eigenvalue weighted by Crippen LogP contribution is 2.32. The molecule has 0 unspecified atom stereocenters. The summed E-state index contributed by atoms with van der Waals surface area (Å²) < 4.78 is 44.4. The molecule has 2 aliphatic heterocycles. The van der Waals surface area contributed by atoms with Crippen LogP contribution in [0.5, 0.6) is 5.75 Å². The fourth-order valence-corrected chi connectivity index (χ4v) is 4.20. The minimum absolute atomic E-state index is 0.0929. The molecule has 0 radical (unpaired) electrons. The number of ether oxygens (including phenoxy) is 1. The Morgan fingerprint density at radius 3 is 2.28 bits per heavy atom. The summed E-state index contributed by atoms with van der Waals surface area (Å²) in [6.45, 7) is 4.31. The number of alkyl halides is 3. The normalized spacial score (nSPS) is 20.2. The molecule has 0 N–H and O–H groups in total. The molecule has 0 saturated carbocycles. The van der Waals surface area contributed by atoms with Crippen molar-refractivity contribution in [2.45, 2.75) is 25.6 Å². The van der Waals surface area contributed by atoms with Gasteiger partial charge in [-0.25, -0.2) is 4.90 Å². The molecule has 2 heterocycles. The van der Waals surface area contributed by atoms with Crippen LogP contribution in [-0.2, 0) is 15.8 Å². The van der Waals surface area contributed by atoms with Gasteiger partial charge in [0, 0.05) is 31.9 Å². The van der Waals surface area contributed by atoms with E-state index in [1.807, 2.05) is 16.7 Å². The molecule has 0 aromatic heterocycles. The summed E-state index contributed by atoms with van der Waals surface area (Å²) in [5.41, 5.74) is 0.331. The van der Waals surface area contributed by atoms with Crippen LogP contribution in [-0.4, -0.2) is 55.5 Å². The van der Waals surface area contributed by atoms with Gasteiger partial charge in [-0.3, -0.25) is 14.5 Å². The van der Waals surface area contributed by atoms with Gasteiger partial charge in [0.2, 0.25) is 5.91 Å². The number of piperazine rings is 1. The number of hydrogen-bond acceptors (Lipinski definition) is 5. The van der Waals surface area contributed by atoms with Crippen molar-refractivity contribution in [2.24, 2.45) is 0 Å². The maximum Gasteiger partial charge on any atom is 0.416 e. The molecule has 2 aromatic rings. The van der Waals surface area contributed by atoms with Crippen LogP contribution >= 0.6 is 0 Å². The number of hydrogen-bond donors (Lipinski definition) is 0. The summed E-state index contributed by atoms with van der Waals surface area (Å²) in [5, 5.41) is 0. The molecule has 4 rings (SSSR count). The lowest BCUT2D eigenvalue weighted by Crippen LogP contribution is -2.52. The van der Waals surface area contributed by atoms with E-state index in [4.69, 9.17) is 4.74 Å². The minimum Gasteiger partial charge on any atom is -0.494 e. The molecule has 2 aliphatic rings. The number of carbonyl (C=O) groups is 2. The highest BCUT2D eigenvalue weighted by atomic mass is 19.4. The summed E-state index contributed by atoms with van der Waals surface area (Å²) in [5.74, 6) is 0.133. The van der Waals surface area contributed by atoms with Gasteiger partial charge < -0.3 is 9.64 Å². The highest BCUT2D eigenvalue weighted by molar-refractivity contribution is 6.22. The predicted molar refractivity (Wildman–Crippen MR) is 114 cm³/mol. The Labute approximate surface area is 184 Å². The Morgan fingerprint density at radius 1 is 0.969 bits per heavy atom. The molecule has 2 fully saturated rings. The van der Waals surface area contributed by atoms with E-state index in [-0.39, 0.29) is 18.2 Å². The second-order valence-electron chi connectivity index (χ2n) is 7.79. The third-order valence-corrected chi connectivity index (χ3v) is 5.82. The van der Waals surface area contributed by atoms with E-state index >= 15 is 0 Å². The number of rotatable bonds is 5. The van der Waals surface area contributed by atoms with Gasteiger partial charge in [0.1, 0.15) is 5.75 Å². The van der Waals surface area contributed by atoms with Gasteiger partial charge in [-0.2, -0.15) is 13.2 Å². The summed E-state index contributed by atoms with van der Waals surface area (Å²) in [4.78, 5) is 30.6. The average molecular weight is 447 g/mol. The van der Waals surface area contributed by atoms with Gasteiger partial charge in [-0.05, 0) is 49.4 Å². The fourth-order valence-electron chi connectivity index (χ4n) is 4.20. The zero-order chi connectivity index (χ0) is 22.9. The van der Waals surface area contributed by atoms with E-state index in [1.54, 1.807) is 30.3 Å². The zero-order valence-corrected chi connectivity index (χ0v) is 17.6. The molecule has 2 amide bonds. The van der Waals surface area contributed by atoms with Crippen LogP contribution in [0.1, 0.15) is 18.9 Å². The monoisotopic (exact) mass is 447 g/mol. The van der Waals surface area contributed by atoms with Crippen molar-refractivity contribution < 1.29 is 27.5 Å². The summed E-state index contributed by atoms with van der Waals surface area (Å²) in [6.07, 6.45) is -4.30. The lowest BCUT2D eigenvalue weighted by molar-refractivity contribution is -0.137. The lowest BCUT2D eigenvalue weighted by atomic mass is 10.1. The molecular formula is C23H24F3N3O3. The zero-order valence-electron chi connectivity index (χ0n) is 17.6. The van der Waals surface area contributed by atoms with E-state index in [0.717, 1.165) is 12.1 Å². The van der Waals surface area contributed by atoms with Crippen LogP contribution in [0.3, 0.4) is 0 Å². The van der Waals surface area contributed by atoms with E-state index in [0.29, 0.717) is 49.9 Å². The maximum atomic E-state index is 13.0. The first-order valence-electron chi connectivity index (χ1n) is 10.5. The quantitative estimate of drug-likeness (QED) is 0.657. The van der Waals surface area contributed by atoms with Gasteiger partial charge in [0.25, 0.3) is 5.91 Å². The van der Waals surface area contributed by atoms with Crippen molar-refractivity contribution in [3.63, 3.8) is 0 Å². The second kappa shape index (κ2) is 8.82. The van der Waals surface area contributed by atoms with Gasteiger partial charge in [-0.1, -0.05) is 6.07 Å². The largest absolute Gasteiger partial charge is 0.494 e. The molecule has 2 saturated heterocycles. The Balaban J connectivity index is 1.41. The van der Waals surface area contributed by atoms with Gasteiger partial charge in [0.05, 0.1) is 30.3 Å². The first-order valence-corrected chi connectivity index (χ1v) is 10.5. The number of imide groups is 1. The Kier molecular flexibility index (Phi) is 6.10. The van der Waals surface area contributed by atoms with Crippen molar-refractivity contribution in [1.82, 2.24) is 4.90 Å². The molecule has 9 heteroatoms. The number of anilines is 2. The van der Waals surface area contributed by atoms with Crippen LogP contribution in [0.15, 0.2) is 48.5 Å². The molecule has 32 heavy (non-hydrogen) atoms. The standard InChI is InChI=1S/C23H24F3N3O3/c1-2-32-19-8-6-17(7-9-19)29-21(30)15-20(22(29)31)28-12-10-27(11-13-28)18-5-3-4-16(14-18)23(24,25)26/h3-9,14,20H,2,10-13,15H2,1H3/t20-/m0/s1. The Morgan fingerprint density at radius 2 is 1.66 bits per heavy atom. The number of halogens is 3. The van der Waals surface area contributed by atoms with Crippen LogP contribution < -0.4 is 14.5 Å². The van der Waals surface area contributed by atoms with Crippen LogP contribution in [0, 0.1) is 0 Å². The third-order valence-electron chi connectivity index (χ3n) is 5.82. The molecule has 0 bridgehead atoms. The smallest absolute Gasteiger partial charge is 0.416 e. The molecule has 6 nitrogen and oxygen atoms in total. The predicted octanol–water partition coefficient (Wildman–Crippen LogP) is 3.56. The summed E-state index contributed by atoms with van der Waals surface area (Å²) in [6, 6.07) is 11.5. The fraction of sp³-hybridized carbons (Fsp3) is 0.391. The number of benzene rings is 2. The Hall–Kier alpha value is -3.07. The SMILES string of the molecule is CCOc1ccc(N2C(=O)C[C@H](N3CCN(c4cccc(C(F)(F)F)c4)CC3)C2=O)cc1. The highest BCUT2D eigenvalue weighted by Gasteiger charge is 2.43. The molecule has 170 valence electrons. The topological polar surface area (TPSA) is 53.1 Å². The van der Waals surface area contributed by atoms with Crippen molar-refractivity contribution in [1.29, 1.82) is 0 Å². The first-order chi connectivity index (χ1) is 15.3. The second-order valence-corrected chi connectivity index (χ2v) is 7.79. The number of nitrogens with zero attached hydrogens (tertiary/aromatic N) is 3. The van der Waals surface area contributed by atoms with Crippen molar-refractivity contribution in [2.75, 3.05) is 42.6 Å². The molecule has 0 aliphatic carbocycles. The van der Waals surface area contributed by atoms with Gasteiger partial charge in [-0.15, -0.1) is 0 Å². The number of amides is 2. The van der Waals surface area contributed by atoms with Crippen molar-refractivity contribution in [3.8, 4) is 5.75 Å². The van der Waals surface area contributed by atoms with Gasteiger partial charge in [0.15, 0.2) is 0 Å². The van der Waals surface area contributed by atoms with Gasteiger partial charge >= 0.3 is 6.18 Å². The summed E-state index contributed by atoms with van der Waals surface area (Å²) >= 11 is 0. The Bertz CT molecular complexity index is 986. The average Bonchev–Trinajstić information content (AvgIpc) is 3.08. The van der Waals surface area contributed by atoms with E-state index in [1.165, 1.54) is 11.0 Å². The maximum absolute atomic E-state index is 13.0. The molecule has 2 aromatic carbocycles. The molecular weight excluding hydrogens is 423 g/mol.